The Labute approximate surface area is 113 Å². The maximum atomic E-state index is 12.0. The van der Waals surface area contributed by atoms with Crippen molar-refractivity contribution >= 4 is 17.2 Å². The number of carbonyl (C=O) groups excluding carboxylic acids is 1. The third-order valence-electron chi connectivity index (χ3n) is 3.39. The fraction of sp³-hybridized carbons (Fsp3) is 0.615. The van der Waals surface area contributed by atoms with E-state index in [9.17, 15) is 4.79 Å². The van der Waals surface area contributed by atoms with Crippen molar-refractivity contribution in [3.8, 4) is 0 Å². The Morgan fingerprint density at radius 1 is 1.44 bits per heavy atom. The standard InChI is InChI=1S/C13H21N3OS/c1-11(12-4-3-9-18-12)14-10-13(17)16-7-5-15(2)6-8-16/h3-4,9,11,14H,5-8,10H2,1-2H3/t11-/m0/s1. The van der Waals surface area contributed by atoms with Gasteiger partial charge in [0.05, 0.1) is 6.54 Å². The number of hydrogen-bond donors (Lipinski definition) is 1. The summed E-state index contributed by atoms with van der Waals surface area (Å²) in [6.07, 6.45) is 0. The zero-order chi connectivity index (χ0) is 13.0. The Balaban J connectivity index is 1.75. The van der Waals surface area contributed by atoms with Crippen LogP contribution in [0.25, 0.3) is 0 Å². The van der Waals surface area contributed by atoms with Crippen LogP contribution in [0.3, 0.4) is 0 Å². The maximum Gasteiger partial charge on any atom is 0.236 e. The molecule has 100 valence electrons. The van der Waals surface area contributed by atoms with Crippen molar-refractivity contribution in [2.45, 2.75) is 13.0 Å². The highest BCUT2D eigenvalue weighted by Gasteiger charge is 2.19. The van der Waals surface area contributed by atoms with Crippen LogP contribution < -0.4 is 5.32 Å². The first kappa shape index (κ1) is 13.5. The molecule has 1 fully saturated rings. The Bertz CT molecular complexity index is 372. The number of carbonyl (C=O) groups is 1. The van der Waals surface area contributed by atoms with Crippen LogP contribution >= 0.6 is 11.3 Å². The normalized spacial score (nSPS) is 18.9. The van der Waals surface area contributed by atoms with Crippen LogP contribution in [-0.4, -0.2) is 55.5 Å². The number of likely N-dealkylation sites (N-methyl/N-ethyl adjacent to an activating group) is 1. The van der Waals surface area contributed by atoms with E-state index in [0.717, 1.165) is 26.2 Å². The zero-order valence-electron chi connectivity index (χ0n) is 11.1. The first-order valence-electron chi connectivity index (χ1n) is 6.40. The number of piperazine rings is 1. The van der Waals surface area contributed by atoms with Crippen molar-refractivity contribution in [1.82, 2.24) is 15.1 Å². The molecule has 1 aromatic heterocycles. The van der Waals surface area contributed by atoms with Crippen molar-refractivity contribution in [2.75, 3.05) is 39.8 Å². The van der Waals surface area contributed by atoms with Gasteiger partial charge >= 0.3 is 0 Å². The molecular formula is C13H21N3OS. The van der Waals surface area contributed by atoms with Gasteiger partial charge in [-0.05, 0) is 25.4 Å². The van der Waals surface area contributed by atoms with Gasteiger partial charge in [-0.25, -0.2) is 0 Å². The summed E-state index contributed by atoms with van der Waals surface area (Å²) < 4.78 is 0. The van der Waals surface area contributed by atoms with Crippen LogP contribution in [0.1, 0.15) is 17.8 Å². The topological polar surface area (TPSA) is 35.6 Å². The number of thiophene rings is 1. The van der Waals surface area contributed by atoms with E-state index in [4.69, 9.17) is 0 Å². The zero-order valence-corrected chi connectivity index (χ0v) is 11.9. The van der Waals surface area contributed by atoms with Crippen molar-refractivity contribution in [3.63, 3.8) is 0 Å². The fourth-order valence-electron chi connectivity index (χ4n) is 2.05. The van der Waals surface area contributed by atoms with Crippen LogP contribution in [0.15, 0.2) is 17.5 Å². The van der Waals surface area contributed by atoms with Gasteiger partial charge in [0.25, 0.3) is 0 Å². The molecule has 1 amide bonds. The molecule has 0 aliphatic carbocycles. The molecule has 0 radical (unpaired) electrons. The average molecular weight is 267 g/mol. The molecule has 4 nitrogen and oxygen atoms in total. The van der Waals surface area contributed by atoms with Crippen LogP contribution in [-0.2, 0) is 4.79 Å². The summed E-state index contributed by atoms with van der Waals surface area (Å²) in [4.78, 5) is 17.5. The molecule has 0 unspecified atom stereocenters. The molecule has 0 bridgehead atoms. The second-order valence-corrected chi connectivity index (χ2v) is 5.78. The summed E-state index contributed by atoms with van der Waals surface area (Å²) in [7, 11) is 2.10. The number of hydrogen-bond acceptors (Lipinski definition) is 4. The van der Waals surface area contributed by atoms with Gasteiger partial charge < -0.3 is 15.1 Å². The molecule has 0 saturated carbocycles. The summed E-state index contributed by atoms with van der Waals surface area (Å²) in [6, 6.07) is 4.39. The summed E-state index contributed by atoms with van der Waals surface area (Å²) in [5, 5.41) is 5.36. The summed E-state index contributed by atoms with van der Waals surface area (Å²) in [6.45, 7) is 6.19. The fourth-order valence-corrected chi connectivity index (χ4v) is 2.81. The quantitative estimate of drug-likeness (QED) is 0.889. The molecule has 0 aromatic carbocycles. The van der Waals surface area contributed by atoms with E-state index in [2.05, 4.69) is 35.6 Å². The highest BCUT2D eigenvalue weighted by molar-refractivity contribution is 7.10. The van der Waals surface area contributed by atoms with Gasteiger partial charge in [0.1, 0.15) is 0 Å². The van der Waals surface area contributed by atoms with E-state index in [1.807, 2.05) is 11.0 Å². The SMILES string of the molecule is C[C@H](NCC(=O)N1CCN(C)CC1)c1cccs1. The van der Waals surface area contributed by atoms with Crippen LogP contribution in [0.5, 0.6) is 0 Å². The van der Waals surface area contributed by atoms with Gasteiger partial charge in [-0.3, -0.25) is 4.79 Å². The first-order valence-corrected chi connectivity index (χ1v) is 7.28. The minimum absolute atomic E-state index is 0.214. The van der Waals surface area contributed by atoms with E-state index in [0.29, 0.717) is 6.54 Å². The van der Waals surface area contributed by atoms with Crippen LogP contribution in [0.4, 0.5) is 0 Å². The smallest absolute Gasteiger partial charge is 0.236 e. The van der Waals surface area contributed by atoms with Crippen LogP contribution in [0.2, 0.25) is 0 Å². The van der Waals surface area contributed by atoms with E-state index in [1.54, 1.807) is 11.3 Å². The lowest BCUT2D eigenvalue weighted by Gasteiger charge is -2.32. The number of rotatable bonds is 4. The van der Waals surface area contributed by atoms with Crippen LogP contribution in [0, 0.1) is 0 Å². The van der Waals surface area contributed by atoms with Crippen molar-refractivity contribution in [1.29, 1.82) is 0 Å². The molecule has 0 spiro atoms. The number of amides is 1. The van der Waals surface area contributed by atoms with E-state index >= 15 is 0 Å². The minimum atomic E-state index is 0.214. The number of nitrogens with zero attached hydrogens (tertiary/aromatic N) is 2. The molecule has 18 heavy (non-hydrogen) atoms. The van der Waals surface area contributed by atoms with E-state index in [-0.39, 0.29) is 11.9 Å². The molecule has 1 aliphatic rings. The van der Waals surface area contributed by atoms with Gasteiger partial charge in [-0.15, -0.1) is 11.3 Å². The molecule has 1 saturated heterocycles. The lowest BCUT2D eigenvalue weighted by Crippen LogP contribution is -2.49. The van der Waals surface area contributed by atoms with Gasteiger partial charge in [-0.1, -0.05) is 6.07 Å². The largest absolute Gasteiger partial charge is 0.339 e. The molecule has 1 aromatic rings. The van der Waals surface area contributed by atoms with E-state index in [1.165, 1.54) is 4.88 Å². The summed E-state index contributed by atoms with van der Waals surface area (Å²) in [5.41, 5.74) is 0. The molecule has 2 rings (SSSR count). The second-order valence-electron chi connectivity index (χ2n) is 4.80. The van der Waals surface area contributed by atoms with E-state index < -0.39 is 0 Å². The average Bonchev–Trinajstić information content (AvgIpc) is 2.90. The van der Waals surface area contributed by atoms with Crippen molar-refractivity contribution in [2.24, 2.45) is 0 Å². The Hall–Kier alpha value is -0.910. The predicted molar refractivity (Wildman–Crippen MR) is 74.8 cm³/mol. The molecule has 1 N–H and O–H groups in total. The highest BCUT2D eigenvalue weighted by atomic mass is 32.1. The third kappa shape index (κ3) is 3.54. The Kier molecular flexibility index (Phi) is 4.74. The number of nitrogens with one attached hydrogen (secondary N) is 1. The first-order chi connectivity index (χ1) is 8.66. The Morgan fingerprint density at radius 3 is 2.78 bits per heavy atom. The van der Waals surface area contributed by atoms with Gasteiger partial charge in [0.15, 0.2) is 0 Å². The predicted octanol–water partition coefficient (Wildman–Crippen LogP) is 1.17. The third-order valence-corrected chi connectivity index (χ3v) is 4.44. The lowest BCUT2D eigenvalue weighted by molar-refractivity contribution is -0.131. The molecule has 1 aliphatic heterocycles. The molecule has 5 heteroatoms. The van der Waals surface area contributed by atoms with Crippen molar-refractivity contribution < 1.29 is 4.79 Å². The van der Waals surface area contributed by atoms with Gasteiger partial charge in [0, 0.05) is 37.1 Å². The molecule has 2 heterocycles. The van der Waals surface area contributed by atoms with Gasteiger partial charge in [0.2, 0.25) is 5.91 Å². The summed E-state index contributed by atoms with van der Waals surface area (Å²) in [5.74, 6) is 0.214. The minimum Gasteiger partial charge on any atom is -0.339 e. The van der Waals surface area contributed by atoms with Crippen molar-refractivity contribution in [3.05, 3.63) is 22.4 Å². The highest BCUT2D eigenvalue weighted by Crippen LogP contribution is 2.17. The molecule has 1 atom stereocenters. The Morgan fingerprint density at radius 2 is 2.17 bits per heavy atom. The van der Waals surface area contributed by atoms with Gasteiger partial charge in [-0.2, -0.15) is 0 Å². The molecular weight excluding hydrogens is 246 g/mol. The second kappa shape index (κ2) is 6.31. The maximum absolute atomic E-state index is 12.0. The summed E-state index contributed by atoms with van der Waals surface area (Å²) >= 11 is 1.72. The monoisotopic (exact) mass is 267 g/mol. The lowest BCUT2D eigenvalue weighted by atomic mass is 10.2.